The van der Waals surface area contributed by atoms with Gasteiger partial charge < -0.3 is 5.73 Å². The molecular weight excluding hydrogens is 236 g/mol. The average molecular weight is 264 g/mol. The van der Waals surface area contributed by atoms with Crippen LogP contribution >= 0.6 is 0 Å². The van der Waals surface area contributed by atoms with Crippen LogP contribution in [0.5, 0.6) is 0 Å². The Balaban J connectivity index is 2.08. The molecule has 1 fully saturated rings. The van der Waals surface area contributed by atoms with E-state index in [9.17, 15) is 0 Å². The van der Waals surface area contributed by atoms with E-state index in [1.807, 2.05) is 17.9 Å². The van der Waals surface area contributed by atoms with Gasteiger partial charge in [-0.05, 0) is 38.8 Å². The lowest BCUT2D eigenvalue weighted by Crippen LogP contribution is -2.44. The highest BCUT2D eigenvalue weighted by Crippen LogP contribution is 2.29. The molecule has 1 heterocycles. The standard InChI is InChI=1S/C15H28N4/c1-4-19(11-14-10-17-18(3)12(14)2)15-8-6-5-7-13(15)9-16/h10,13,15H,4-9,11,16H2,1-3H3. The summed E-state index contributed by atoms with van der Waals surface area (Å²) in [6.07, 6.45) is 7.31. The van der Waals surface area contributed by atoms with E-state index in [2.05, 4.69) is 23.8 Å². The van der Waals surface area contributed by atoms with Gasteiger partial charge in [-0.25, -0.2) is 0 Å². The fourth-order valence-corrected chi connectivity index (χ4v) is 3.33. The highest BCUT2D eigenvalue weighted by Gasteiger charge is 2.28. The van der Waals surface area contributed by atoms with Crippen molar-refractivity contribution >= 4 is 0 Å². The average Bonchev–Trinajstić information content (AvgIpc) is 2.76. The summed E-state index contributed by atoms with van der Waals surface area (Å²) in [4.78, 5) is 2.60. The van der Waals surface area contributed by atoms with Crippen molar-refractivity contribution in [3.63, 3.8) is 0 Å². The van der Waals surface area contributed by atoms with Crippen molar-refractivity contribution in [3.05, 3.63) is 17.5 Å². The number of nitrogens with zero attached hydrogens (tertiary/aromatic N) is 3. The van der Waals surface area contributed by atoms with Crippen LogP contribution in [-0.2, 0) is 13.6 Å². The van der Waals surface area contributed by atoms with Gasteiger partial charge in [-0.2, -0.15) is 5.10 Å². The maximum atomic E-state index is 5.97. The van der Waals surface area contributed by atoms with Gasteiger partial charge in [0.2, 0.25) is 0 Å². The first-order valence-corrected chi connectivity index (χ1v) is 7.59. The van der Waals surface area contributed by atoms with Crippen LogP contribution in [0.1, 0.15) is 43.9 Å². The number of aryl methyl sites for hydroxylation is 1. The fraction of sp³-hybridized carbons (Fsp3) is 0.800. The molecule has 2 unspecified atom stereocenters. The zero-order valence-electron chi connectivity index (χ0n) is 12.6. The number of hydrogen-bond acceptors (Lipinski definition) is 3. The molecule has 2 rings (SSSR count). The minimum Gasteiger partial charge on any atom is -0.330 e. The van der Waals surface area contributed by atoms with Crippen LogP contribution in [0.25, 0.3) is 0 Å². The first-order chi connectivity index (χ1) is 9.17. The zero-order valence-corrected chi connectivity index (χ0v) is 12.6. The van der Waals surface area contributed by atoms with E-state index in [4.69, 9.17) is 5.73 Å². The molecule has 1 aromatic heterocycles. The molecule has 0 saturated heterocycles. The molecular formula is C15H28N4. The van der Waals surface area contributed by atoms with Crippen LogP contribution in [-0.4, -0.2) is 33.8 Å². The van der Waals surface area contributed by atoms with Crippen LogP contribution in [0.15, 0.2) is 6.20 Å². The molecule has 1 saturated carbocycles. The third-order valence-electron chi connectivity index (χ3n) is 4.76. The molecule has 0 radical (unpaired) electrons. The quantitative estimate of drug-likeness (QED) is 0.885. The first kappa shape index (κ1) is 14.5. The predicted molar refractivity (Wildman–Crippen MR) is 78.8 cm³/mol. The highest BCUT2D eigenvalue weighted by molar-refractivity contribution is 5.15. The molecule has 1 aromatic rings. The Labute approximate surface area is 117 Å². The van der Waals surface area contributed by atoms with Crippen molar-refractivity contribution in [1.82, 2.24) is 14.7 Å². The van der Waals surface area contributed by atoms with E-state index in [0.29, 0.717) is 12.0 Å². The number of hydrogen-bond donors (Lipinski definition) is 1. The minimum absolute atomic E-state index is 0.656. The van der Waals surface area contributed by atoms with Crippen LogP contribution in [0.3, 0.4) is 0 Å². The molecule has 2 atom stereocenters. The number of nitrogens with two attached hydrogens (primary N) is 1. The second-order valence-electron chi connectivity index (χ2n) is 5.79. The van der Waals surface area contributed by atoms with Crippen molar-refractivity contribution in [1.29, 1.82) is 0 Å². The molecule has 4 nitrogen and oxygen atoms in total. The van der Waals surface area contributed by atoms with Crippen molar-refractivity contribution in [3.8, 4) is 0 Å². The van der Waals surface area contributed by atoms with E-state index in [1.54, 1.807) is 0 Å². The maximum Gasteiger partial charge on any atom is 0.0537 e. The summed E-state index contributed by atoms with van der Waals surface area (Å²) in [5.41, 5.74) is 8.60. The molecule has 2 N–H and O–H groups in total. The van der Waals surface area contributed by atoms with Crippen LogP contribution in [0, 0.1) is 12.8 Å². The summed E-state index contributed by atoms with van der Waals surface area (Å²) >= 11 is 0. The number of rotatable bonds is 5. The van der Waals surface area contributed by atoms with E-state index >= 15 is 0 Å². The Bertz CT molecular complexity index is 399. The van der Waals surface area contributed by atoms with Gasteiger partial charge >= 0.3 is 0 Å². The Hall–Kier alpha value is -0.870. The maximum absolute atomic E-state index is 5.97. The van der Waals surface area contributed by atoms with E-state index in [1.165, 1.54) is 36.9 Å². The highest BCUT2D eigenvalue weighted by atomic mass is 15.3. The van der Waals surface area contributed by atoms with Gasteiger partial charge in [0.25, 0.3) is 0 Å². The second-order valence-corrected chi connectivity index (χ2v) is 5.79. The normalized spacial score (nSPS) is 24.1. The van der Waals surface area contributed by atoms with E-state index in [-0.39, 0.29) is 0 Å². The summed E-state index contributed by atoms with van der Waals surface area (Å²) in [7, 11) is 2.01. The van der Waals surface area contributed by atoms with E-state index in [0.717, 1.165) is 19.6 Å². The third-order valence-corrected chi connectivity index (χ3v) is 4.76. The monoisotopic (exact) mass is 264 g/mol. The molecule has 108 valence electrons. The van der Waals surface area contributed by atoms with Crippen molar-refractivity contribution in [2.45, 2.75) is 52.1 Å². The first-order valence-electron chi connectivity index (χ1n) is 7.59. The molecule has 19 heavy (non-hydrogen) atoms. The summed E-state index contributed by atoms with van der Waals surface area (Å²) in [5, 5.41) is 4.35. The fourth-order valence-electron chi connectivity index (χ4n) is 3.33. The minimum atomic E-state index is 0.656. The molecule has 1 aliphatic rings. The molecule has 0 bridgehead atoms. The molecule has 1 aliphatic carbocycles. The van der Waals surface area contributed by atoms with E-state index < -0.39 is 0 Å². The van der Waals surface area contributed by atoms with Crippen molar-refractivity contribution in [2.75, 3.05) is 13.1 Å². The van der Waals surface area contributed by atoms with Gasteiger partial charge in [0.05, 0.1) is 6.20 Å². The molecule has 0 aliphatic heterocycles. The smallest absolute Gasteiger partial charge is 0.0537 e. The summed E-state index contributed by atoms with van der Waals surface area (Å²) in [5.74, 6) is 0.672. The topological polar surface area (TPSA) is 47.1 Å². The molecule has 4 heteroatoms. The van der Waals surface area contributed by atoms with Crippen LogP contribution in [0.2, 0.25) is 0 Å². The van der Waals surface area contributed by atoms with Gasteiger partial charge in [0.15, 0.2) is 0 Å². The van der Waals surface area contributed by atoms with Gasteiger partial charge in [0, 0.05) is 30.9 Å². The lowest BCUT2D eigenvalue weighted by atomic mass is 9.83. The lowest BCUT2D eigenvalue weighted by Gasteiger charge is -2.39. The predicted octanol–water partition coefficient (Wildman–Crippen LogP) is 2.07. The Morgan fingerprint density at radius 1 is 1.42 bits per heavy atom. The van der Waals surface area contributed by atoms with Gasteiger partial charge in [-0.1, -0.05) is 19.8 Å². The third kappa shape index (κ3) is 3.18. The summed E-state index contributed by atoms with van der Waals surface area (Å²) in [6.45, 7) is 7.34. The van der Waals surface area contributed by atoms with Gasteiger partial charge in [-0.15, -0.1) is 0 Å². The Morgan fingerprint density at radius 3 is 2.74 bits per heavy atom. The number of aromatic nitrogens is 2. The second kappa shape index (κ2) is 6.53. The van der Waals surface area contributed by atoms with Crippen LogP contribution < -0.4 is 5.73 Å². The largest absolute Gasteiger partial charge is 0.330 e. The van der Waals surface area contributed by atoms with Crippen LogP contribution in [0.4, 0.5) is 0 Å². The zero-order chi connectivity index (χ0) is 13.8. The Kier molecular flexibility index (Phi) is 4.99. The molecule has 0 aromatic carbocycles. The lowest BCUT2D eigenvalue weighted by molar-refractivity contribution is 0.105. The van der Waals surface area contributed by atoms with Crippen molar-refractivity contribution in [2.24, 2.45) is 18.7 Å². The summed E-state index contributed by atoms with van der Waals surface area (Å²) < 4.78 is 1.96. The Morgan fingerprint density at radius 2 is 2.16 bits per heavy atom. The van der Waals surface area contributed by atoms with Gasteiger partial charge in [0.1, 0.15) is 0 Å². The SMILES string of the molecule is CCN(Cc1cnn(C)c1C)C1CCCCC1CN. The molecule has 0 amide bonds. The molecule has 0 spiro atoms. The van der Waals surface area contributed by atoms with Crippen molar-refractivity contribution < 1.29 is 0 Å². The summed E-state index contributed by atoms with van der Waals surface area (Å²) in [6, 6.07) is 0.656. The van der Waals surface area contributed by atoms with Gasteiger partial charge in [-0.3, -0.25) is 9.58 Å².